The molecular formula is C24H23N5O4S. The minimum atomic E-state index is -0.412. The second-order valence-electron chi connectivity index (χ2n) is 8.07. The predicted octanol–water partition coefficient (Wildman–Crippen LogP) is 4.90. The topological polar surface area (TPSA) is 112 Å². The second-order valence-corrected chi connectivity index (χ2v) is 9.02. The van der Waals surface area contributed by atoms with Crippen LogP contribution in [0.5, 0.6) is 5.75 Å². The number of nitrogens with one attached hydrogen (secondary N) is 1. The lowest BCUT2D eigenvalue weighted by Gasteiger charge is -2.32. The summed E-state index contributed by atoms with van der Waals surface area (Å²) in [7, 11) is 0. The molecule has 1 N–H and O–H groups in total. The van der Waals surface area contributed by atoms with Gasteiger partial charge in [0.15, 0.2) is 5.78 Å². The molecule has 5 rings (SSSR count). The Balaban J connectivity index is 1.44. The lowest BCUT2D eigenvalue weighted by atomic mass is 9.85. The normalized spacial score (nSPS) is 17.1. The van der Waals surface area contributed by atoms with E-state index in [1.54, 1.807) is 16.8 Å². The Hall–Kier alpha value is -3.66. The van der Waals surface area contributed by atoms with E-state index in [0.717, 1.165) is 41.0 Å². The number of carbonyl (C=O) groups is 1. The number of anilines is 1. The van der Waals surface area contributed by atoms with Gasteiger partial charge in [-0.1, -0.05) is 36.0 Å². The largest absolute Gasteiger partial charge is 0.494 e. The summed E-state index contributed by atoms with van der Waals surface area (Å²) in [6.07, 6.45) is 2.14. The van der Waals surface area contributed by atoms with Crippen molar-refractivity contribution < 1.29 is 14.5 Å². The number of aromatic nitrogens is 3. The van der Waals surface area contributed by atoms with E-state index in [9.17, 15) is 14.9 Å². The van der Waals surface area contributed by atoms with Crippen LogP contribution >= 0.6 is 11.8 Å². The molecule has 0 saturated carbocycles. The van der Waals surface area contributed by atoms with Gasteiger partial charge in [0.25, 0.3) is 5.69 Å². The van der Waals surface area contributed by atoms with E-state index in [1.165, 1.54) is 23.9 Å². The lowest BCUT2D eigenvalue weighted by molar-refractivity contribution is -0.384. The number of carbonyl (C=O) groups excluding carboxylic acids is 1. The first-order valence-electron chi connectivity index (χ1n) is 11.1. The van der Waals surface area contributed by atoms with Crippen LogP contribution in [0.3, 0.4) is 0 Å². The molecule has 2 aliphatic rings. The molecule has 2 aromatic carbocycles. The second kappa shape index (κ2) is 9.30. The van der Waals surface area contributed by atoms with Gasteiger partial charge in [-0.05, 0) is 43.0 Å². The van der Waals surface area contributed by atoms with Crippen LogP contribution in [0.1, 0.15) is 43.4 Å². The fraction of sp³-hybridized carbons (Fsp3) is 0.292. The van der Waals surface area contributed by atoms with Crippen molar-refractivity contribution in [3.63, 3.8) is 0 Å². The number of ether oxygens (including phenoxy) is 1. The third-order valence-electron chi connectivity index (χ3n) is 5.87. The first-order chi connectivity index (χ1) is 16.5. The van der Waals surface area contributed by atoms with Crippen LogP contribution in [0.4, 0.5) is 11.6 Å². The Morgan fingerprint density at radius 3 is 2.65 bits per heavy atom. The number of allylic oxidation sites excluding steroid dienone is 2. The fourth-order valence-electron chi connectivity index (χ4n) is 4.28. The highest BCUT2D eigenvalue weighted by atomic mass is 32.2. The van der Waals surface area contributed by atoms with Crippen molar-refractivity contribution in [2.24, 2.45) is 0 Å². The maximum atomic E-state index is 12.9. The van der Waals surface area contributed by atoms with Crippen LogP contribution in [-0.2, 0) is 10.5 Å². The monoisotopic (exact) mass is 477 g/mol. The Labute approximate surface area is 200 Å². The first kappa shape index (κ1) is 22.1. The number of ketones is 1. The van der Waals surface area contributed by atoms with Crippen LogP contribution in [0, 0.1) is 10.1 Å². The lowest BCUT2D eigenvalue weighted by Crippen LogP contribution is -2.31. The van der Waals surface area contributed by atoms with E-state index in [2.05, 4.69) is 10.3 Å². The van der Waals surface area contributed by atoms with Crippen molar-refractivity contribution in [1.82, 2.24) is 14.8 Å². The number of nitro groups is 1. The van der Waals surface area contributed by atoms with Gasteiger partial charge < -0.3 is 10.1 Å². The average molecular weight is 478 g/mol. The standard InChI is InChI=1S/C24H23N5O4S/c1-2-33-18-12-8-16(9-13-18)22-21-19(4-3-5-20(21)30)25-23-26-24(27-28(22)23)34-14-15-6-10-17(11-7-15)29(31)32/h6-13,22H,2-5,14H2,1H3,(H,25,26,27). The molecule has 0 radical (unpaired) electrons. The molecule has 9 nitrogen and oxygen atoms in total. The van der Waals surface area contributed by atoms with Crippen molar-refractivity contribution in [3.8, 4) is 5.75 Å². The van der Waals surface area contributed by atoms with Crippen molar-refractivity contribution in [3.05, 3.63) is 81.0 Å². The number of Topliss-reactive ketones (excluding diaryl/α,β-unsaturated/α-hetero) is 1. The molecule has 0 amide bonds. The van der Waals surface area contributed by atoms with Crippen molar-refractivity contribution in [2.45, 2.75) is 43.1 Å². The summed E-state index contributed by atoms with van der Waals surface area (Å²) in [5.41, 5.74) is 3.62. The SMILES string of the molecule is CCOc1ccc(C2C3=C(CCCC3=O)Nc3nc(SCc4ccc([N+](=O)[O-])cc4)nn32)cc1. The van der Waals surface area contributed by atoms with E-state index in [-0.39, 0.29) is 17.5 Å². The van der Waals surface area contributed by atoms with Gasteiger partial charge in [-0.3, -0.25) is 14.9 Å². The fourth-order valence-corrected chi connectivity index (χ4v) is 5.07. The van der Waals surface area contributed by atoms with Gasteiger partial charge in [0.05, 0.1) is 11.5 Å². The van der Waals surface area contributed by atoms with Crippen LogP contribution in [0.15, 0.2) is 65.0 Å². The van der Waals surface area contributed by atoms with Gasteiger partial charge in [-0.25, -0.2) is 4.68 Å². The molecule has 174 valence electrons. The zero-order chi connectivity index (χ0) is 23.7. The number of benzene rings is 2. The molecule has 1 atom stereocenters. The summed E-state index contributed by atoms with van der Waals surface area (Å²) in [5, 5.41) is 19.5. The van der Waals surface area contributed by atoms with Gasteiger partial charge in [-0.15, -0.1) is 5.10 Å². The molecular weight excluding hydrogens is 454 g/mol. The molecule has 2 heterocycles. The van der Waals surface area contributed by atoms with Crippen LogP contribution in [0.2, 0.25) is 0 Å². The van der Waals surface area contributed by atoms with E-state index in [1.807, 2.05) is 31.2 Å². The number of nitrogens with zero attached hydrogens (tertiary/aromatic N) is 4. The predicted molar refractivity (Wildman–Crippen MR) is 128 cm³/mol. The molecule has 0 spiro atoms. The van der Waals surface area contributed by atoms with Crippen molar-refractivity contribution in [2.75, 3.05) is 11.9 Å². The van der Waals surface area contributed by atoms with Gasteiger partial charge in [0.2, 0.25) is 11.1 Å². The van der Waals surface area contributed by atoms with Crippen LogP contribution in [0.25, 0.3) is 0 Å². The summed E-state index contributed by atoms with van der Waals surface area (Å²) in [5.74, 6) is 2.09. The summed E-state index contributed by atoms with van der Waals surface area (Å²) in [6, 6.07) is 13.9. The maximum Gasteiger partial charge on any atom is 0.269 e. The number of hydrogen-bond donors (Lipinski definition) is 1. The molecule has 0 saturated heterocycles. The summed E-state index contributed by atoms with van der Waals surface area (Å²) in [4.78, 5) is 28.1. The highest BCUT2D eigenvalue weighted by molar-refractivity contribution is 7.98. The van der Waals surface area contributed by atoms with Gasteiger partial charge >= 0.3 is 0 Å². The molecule has 0 fully saturated rings. The third-order valence-corrected chi connectivity index (χ3v) is 6.78. The Morgan fingerprint density at radius 1 is 1.18 bits per heavy atom. The minimum Gasteiger partial charge on any atom is -0.494 e. The smallest absolute Gasteiger partial charge is 0.269 e. The molecule has 0 bridgehead atoms. The highest BCUT2D eigenvalue weighted by Gasteiger charge is 2.36. The van der Waals surface area contributed by atoms with Gasteiger partial charge in [0.1, 0.15) is 11.8 Å². The quantitative estimate of drug-likeness (QED) is 0.290. The molecule has 34 heavy (non-hydrogen) atoms. The summed E-state index contributed by atoms with van der Waals surface area (Å²) in [6.45, 7) is 2.53. The number of nitro benzene ring substituents is 1. The molecule has 1 aromatic heterocycles. The van der Waals surface area contributed by atoms with Gasteiger partial charge in [-0.2, -0.15) is 4.98 Å². The Kier molecular flexibility index (Phi) is 6.06. The summed E-state index contributed by atoms with van der Waals surface area (Å²) < 4.78 is 7.36. The average Bonchev–Trinajstić information content (AvgIpc) is 3.25. The number of hydrogen-bond acceptors (Lipinski definition) is 8. The van der Waals surface area contributed by atoms with Crippen LogP contribution < -0.4 is 10.1 Å². The van der Waals surface area contributed by atoms with E-state index < -0.39 is 4.92 Å². The van der Waals surface area contributed by atoms with Crippen molar-refractivity contribution in [1.29, 1.82) is 0 Å². The molecule has 1 aliphatic carbocycles. The minimum absolute atomic E-state index is 0.0630. The van der Waals surface area contributed by atoms with E-state index >= 15 is 0 Å². The van der Waals surface area contributed by atoms with Crippen molar-refractivity contribution >= 4 is 29.2 Å². The number of fused-ring (bicyclic) bond motifs is 1. The first-order valence-corrected chi connectivity index (χ1v) is 12.1. The zero-order valence-corrected chi connectivity index (χ0v) is 19.4. The third kappa shape index (κ3) is 4.28. The molecule has 3 aromatic rings. The highest BCUT2D eigenvalue weighted by Crippen LogP contribution is 2.41. The van der Waals surface area contributed by atoms with Gasteiger partial charge in [0, 0.05) is 35.6 Å². The zero-order valence-electron chi connectivity index (χ0n) is 18.6. The Bertz CT molecular complexity index is 1270. The molecule has 1 aliphatic heterocycles. The van der Waals surface area contributed by atoms with Crippen LogP contribution in [-0.4, -0.2) is 32.1 Å². The molecule has 1 unspecified atom stereocenters. The maximum absolute atomic E-state index is 12.9. The number of non-ortho nitro benzene ring substituents is 1. The number of rotatable bonds is 7. The summed E-state index contributed by atoms with van der Waals surface area (Å²) >= 11 is 1.45. The number of thioether (sulfide) groups is 1. The molecule has 10 heteroatoms. The van der Waals surface area contributed by atoms with E-state index in [4.69, 9.17) is 9.84 Å². The Morgan fingerprint density at radius 2 is 1.94 bits per heavy atom. The van der Waals surface area contributed by atoms with E-state index in [0.29, 0.717) is 29.9 Å².